The van der Waals surface area contributed by atoms with E-state index >= 15 is 0 Å². The zero-order valence-corrected chi connectivity index (χ0v) is 7.05. The maximum absolute atomic E-state index is 7.75. The van der Waals surface area contributed by atoms with Crippen LogP contribution in [0.15, 0.2) is 30.6 Å². The third-order valence-corrected chi connectivity index (χ3v) is 0.566. The molecular formula is C6H6IrNO+2. The fraction of sp³-hybridized carbons (Fsp3) is 0. The third kappa shape index (κ3) is 7.47. The maximum atomic E-state index is 7.75. The Morgan fingerprint density at radius 2 is 1.44 bits per heavy atom. The standard InChI is InChI=1S/C5H5N.CHO.Ir/c1-2-4-6-5-3-1;1-2;/h1-5H;1H;/q;-1;+3. The Hall–Kier alpha value is -0.531. The van der Waals surface area contributed by atoms with Crippen LogP contribution in [-0.4, -0.2) is 11.8 Å². The van der Waals surface area contributed by atoms with Gasteiger partial charge in [0, 0.05) is 12.4 Å². The van der Waals surface area contributed by atoms with E-state index < -0.39 is 0 Å². The summed E-state index contributed by atoms with van der Waals surface area (Å²) in [4.78, 5) is 11.5. The van der Waals surface area contributed by atoms with Gasteiger partial charge in [-0.15, -0.1) is 0 Å². The number of nitrogens with zero attached hydrogens (tertiary/aromatic N) is 1. The minimum Gasteiger partial charge on any atom is -0.545 e. The Kier molecular flexibility index (Phi) is 13.1. The molecule has 0 spiro atoms. The summed E-state index contributed by atoms with van der Waals surface area (Å²) < 4.78 is 0. The summed E-state index contributed by atoms with van der Waals surface area (Å²) in [6, 6.07) is 5.72. The Morgan fingerprint density at radius 1 is 1.00 bits per heavy atom. The van der Waals surface area contributed by atoms with Gasteiger partial charge in [0.2, 0.25) is 0 Å². The predicted octanol–water partition coefficient (Wildman–Crippen LogP) is 0.805. The van der Waals surface area contributed by atoms with Gasteiger partial charge in [0.05, 0.1) is 0 Å². The number of pyridine rings is 1. The van der Waals surface area contributed by atoms with Gasteiger partial charge in [0.1, 0.15) is 0 Å². The first-order valence-electron chi connectivity index (χ1n) is 2.09. The van der Waals surface area contributed by atoms with E-state index in [-0.39, 0.29) is 20.1 Å². The van der Waals surface area contributed by atoms with Crippen LogP contribution in [0.1, 0.15) is 0 Å². The molecule has 48 valence electrons. The van der Waals surface area contributed by atoms with Gasteiger partial charge in [0.15, 0.2) is 0 Å². The van der Waals surface area contributed by atoms with Gasteiger partial charge in [-0.3, -0.25) is 11.8 Å². The molecule has 0 aromatic carbocycles. The van der Waals surface area contributed by atoms with Gasteiger partial charge in [-0.25, -0.2) is 0 Å². The third-order valence-electron chi connectivity index (χ3n) is 0.566. The molecule has 1 rings (SSSR count). The fourth-order valence-corrected chi connectivity index (χ4v) is 0.313. The molecule has 2 nitrogen and oxygen atoms in total. The first kappa shape index (κ1) is 11.3. The predicted molar refractivity (Wildman–Crippen MR) is 31.0 cm³/mol. The van der Waals surface area contributed by atoms with Crippen molar-refractivity contribution in [3.8, 4) is 0 Å². The van der Waals surface area contributed by atoms with Crippen molar-refractivity contribution in [2.24, 2.45) is 0 Å². The van der Waals surface area contributed by atoms with Gasteiger partial charge in [-0.2, -0.15) is 0 Å². The van der Waals surface area contributed by atoms with Gasteiger partial charge in [0.25, 0.3) is 0 Å². The zero-order chi connectivity index (χ0) is 6.24. The van der Waals surface area contributed by atoms with Crippen LogP contribution in [0, 0.1) is 0 Å². The van der Waals surface area contributed by atoms with Crippen molar-refractivity contribution >= 4 is 6.79 Å². The first-order valence-corrected chi connectivity index (χ1v) is 2.09. The fourth-order valence-electron chi connectivity index (χ4n) is 0.313. The molecule has 0 radical (unpaired) electrons. The summed E-state index contributed by atoms with van der Waals surface area (Å²) in [5.41, 5.74) is 0. The van der Waals surface area contributed by atoms with Crippen molar-refractivity contribution in [2.45, 2.75) is 0 Å². The van der Waals surface area contributed by atoms with Crippen LogP contribution in [0.5, 0.6) is 0 Å². The van der Waals surface area contributed by atoms with E-state index in [1.807, 2.05) is 18.2 Å². The average molecular weight is 300 g/mol. The Morgan fingerprint density at radius 3 is 1.56 bits per heavy atom. The normalized spacial score (nSPS) is 5.78. The largest absolute Gasteiger partial charge is 3.00 e. The molecule has 0 aliphatic rings. The van der Waals surface area contributed by atoms with Gasteiger partial charge >= 0.3 is 20.1 Å². The maximum Gasteiger partial charge on any atom is 3.00 e. The molecule has 0 fully saturated rings. The van der Waals surface area contributed by atoms with Crippen LogP contribution in [0.4, 0.5) is 0 Å². The summed E-state index contributed by atoms with van der Waals surface area (Å²) in [5.74, 6) is 0. The summed E-state index contributed by atoms with van der Waals surface area (Å²) in [7, 11) is 0. The van der Waals surface area contributed by atoms with E-state index in [0.717, 1.165) is 0 Å². The van der Waals surface area contributed by atoms with Crippen LogP contribution in [0.3, 0.4) is 0 Å². The molecule has 0 N–H and O–H groups in total. The van der Waals surface area contributed by atoms with Crippen LogP contribution >= 0.6 is 0 Å². The molecule has 0 bridgehead atoms. The molecule has 0 amide bonds. The minimum absolute atomic E-state index is 0. The van der Waals surface area contributed by atoms with E-state index in [1.54, 1.807) is 12.4 Å². The minimum atomic E-state index is 0. The second-order valence-electron chi connectivity index (χ2n) is 1.02. The topological polar surface area (TPSA) is 30.0 Å². The van der Waals surface area contributed by atoms with E-state index in [9.17, 15) is 0 Å². The molecule has 0 saturated heterocycles. The first-order chi connectivity index (χ1) is 4.00. The van der Waals surface area contributed by atoms with E-state index in [4.69, 9.17) is 4.79 Å². The van der Waals surface area contributed by atoms with E-state index in [2.05, 4.69) is 11.8 Å². The second kappa shape index (κ2) is 10.5. The molecule has 9 heavy (non-hydrogen) atoms. The van der Waals surface area contributed by atoms with E-state index in [1.165, 1.54) is 0 Å². The van der Waals surface area contributed by atoms with Crippen molar-refractivity contribution in [1.29, 1.82) is 0 Å². The van der Waals surface area contributed by atoms with Gasteiger partial charge < -0.3 is 4.79 Å². The van der Waals surface area contributed by atoms with Gasteiger partial charge in [-0.1, -0.05) is 6.07 Å². The summed E-state index contributed by atoms with van der Waals surface area (Å²) in [5, 5.41) is 0. The van der Waals surface area contributed by atoms with Crippen LogP contribution < -0.4 is 0 Å². The van der Waals surface area contributed by atoms with Crippen LogP contribution in [-0.2, 0) is 24.9 Å². The molecule has 0 unspecified atom stereocenters. The summed E-state index contributed by atoms with van der Waals surface area (Å²) >= 11 is 0. The molecule has 1 aromatic heterocycles. The molecular weight excluding hydrogens is 294 g/mol. The number of hydrogen-bond donors (Lipinski definition) is 0. The molecule has 1 aromatic rings. The van der Waals surface area contributed by atoms with Crippen LogP contribution in [0.2, 0.25) is 0 Å². The molecule has 0 atom stereocenters. The van der Waals surface area contributed by atoms with Crippen molar-refractivity contribution in [2.75, 3.05) is 0 Å². The molecule has 0 aliphatic heterocycles. The number of aromatic nitrogens is 1. The monoisotopic (exact) mass is 301 g/mol. The Labute approximate surface area is 67.7 Å². The molecule has 1 heterocycles. The average Bonchev–Trinajstić information content (AvgIpc) is 1.96. The van der Waals surface area contributed by atoms with Crippen LogP contribution in [0.25, 0.3) is 0 Å². The van der Waals surface area contributed by atoms with Crippen molar-refractivity contribution in [3.63, 3.8) is 0 Å². The quantitative estimate of drug-likeness (QED) is 0.524. The SMILES string of the molecule is [CH-]=O.[Ir+3].c1ccncc1. The Bertz CT molecular complexity index is 95.9. The molecule has 3 heteroatoms. The van der Waals surface area contributed by atoms with Gasteiger partial charge in [-0.05, 0) is 12.1 Å². The van der Waals surface area contributed by atoms with Crippen molar-refractivity contribution in [1.82, 2.24) is 4.98 Å². The number of carbonyl (C=O) groups excluding carboxylic acids is 1. The van der Waals surface area contributed by atoms with E-state index in [0.29, 0.717) is 0 Å². The van der Waals surface area contributed by atoms with Crippen molar-refractivity contribution in [3.05, 3.63) is 30.6 Å². The summed E-state index contributed by atoms with van der Waals surface area (Å²) in [6.07, 6.45) is 3.50. The second-order valence-corrected chi connectivity index (χ2v) is 1.02. The number of hydrogen-bond acceptors (Lipinski definition) is 2. The number of rotatable bonds is 0. The van der Waals surface area contributed by atoms with Crippen molar-refractivity contribution < 1.29 is 24.9 Å². The molecule has 0 aliphatic carbocycles. The Balaban J connectivity index is 0. The zero-order valence-electron chi connectivity index (χ0n) is 4.65. The summed E-state index contributed by atoms with van der Waals surface area (Å²) in [6.45, 7) is 3.25. The molecule has 0 saturated carbocycles. The smallest absolute Gasteiger partial charge is 0.545 e.